The van der Waals surface area contributed by atoms with Gasteiger partial charge in [0.15, 0.2) is 0 Å². The summed E-state index contributed by atoms with van der Waals surface area (Å²) in [4.78, 5) is 0.500. The van der Waals surface area contributed by atoms with Gasteiger partial charge in [-0.05, 0) is 81.6 Å². The SMILES string of the molecule is [2H]c1c([2H])c([2H])c(-c2c([2H])c([2H])c(N(c3c([2H])c([2H])c(-c4c([2H])c([2H])c([2H])c([2H])c4[2H])c([2H])c3[2H])c3c([2H])c([2H])c([2H])c4oc5c6c([2H])c([2H])c([2H])c([2H])c6c(-c6cccc7c6oc6ccccc67)c([2H])c5c34)c([2H])c2[2H])c([2H])c1[2H]. The Hall–Kier alpha value is -7.36. The van der Waals surface area contributed by atoms with Crippen molar-refractivity contribution in [1.82, 2.24) is 0 Å². The summed E-state index contributed by atoms with van der Waals surface area (Å²) in [5, 5.41) is -0.683. The average Bonchev–Trinajstić information content (AvgIpc) is 4.23. The zero-order valence-electron chi connectivity index (χ0n) is 53.8. The van der Waals surface area contributed by atoms with E-state index in [1.165, 1.54) is 6.07 Å². The maximum absolute atomic E-state index is 10.3. The van der Waals surface area contributed by atoms with E-state index >= 15 is 0 Å². The van der Waals surface area contributed by atoms with Gasteiger partial charge in [-0.25, -0.2) is 0 Å². The lowest BCUT2D eigenvalue weighted by molar-refractivity contribution is 0.670. The van der Waals surface area contributed by atoms with Crippen molar-refractivity contribution in [1.29, 1.82) is 0 Å². The molecule has 9 aromatic carbocycles. The Labute approximate surface area is 354 Å². The lowest BCUT2D eigenvalue weighted by Gasteiger charge is -2.26. The van der Waals surface area contributed by atoms with Gasteiger partial charge < -0.3 is 13.7 Å². The molecule has 0 aliphatic heterocycles. The number of rotatable bonds is 6. The maximum atomic E-state index is 10.3. The molecule has 0 amide bonds. The van der Waals surface area contributed by atoms with Crippen LogP contribution in [0.2, 0.25) is 0 Å². The van der Waals surface area contributed by atoms with Gasteiger partial charge in [-0.1, -0.05) is 151 Å². The van der Waals surface area contributed by atoms with Crippen molar-refractivity contribution in [3.63, 3.8) is 0 Å². The maximum Gasteiger partial charge on any atom is 0.143 e. The van der Waals surface area contributed by atoms with Gasteiger partial charge in [-0.15, -0.1) is 0 Å². The van der Waals surface area contributed by atoms with E-state index in [0.717, 1.165) is 0 Å². The van der Waals surface area contributed by atoms with Crippen LogP contribution in [0.15, 0.2) is 208 Å². The van der Waals surface area contributed by atoms with Crippen LogP contribution in [0.5, 0.6) is 0 Å². The van der Waals surface area contributed by atoms with Gasteiger partial charge in [0.1, 0.15) is 22.3 Å². The number of anilines is 3. The fourth-order valence-corrected chi connectivity index (χ4v) is 6.59. The number of furan rings is 2. The Balaban J connectivity index is 1.38. The topological polar surface area (TPSA) is 29.5 Å². The standard InChI is InChI=1S/C52H33NO2/c1-3-13-34(14-4-1)36-25-29-38(30-26-36)53(39-31-27-37(28-32-39)35-15-5-2-6-16-35)47-22-12-24-49-50(47)46-33-45(40-17-7-8-19-42(40)52(46)55-49)44-21-11-20-43-41-18-9-10-23-48(41)54-51(43)44/h1-33H/i1D,2D,3D,4D,5D,6D,7D,8D,12D,13D,14D,15D,16D,17D,19D,22D,24D,25D,26D,27D,28D,29D,30D,31D,32D,33D. The summed E-state index contributed by atoms with van der Waals surface area (Å²) in [6.45, 7) is 0. The highest BCUT2D eigenvalue weighted by molar-refractivity contribution is 6.24. The van der Waals surface area contributed by atoms with Crippen molar-refractivity contribution in [2.75, 3.05) is 4.90 Å². The van der Waals surface area contributed by atoms with E-state index in [1.54, 1.807) is 36.4 Å². The van der Waals surface area contributed by atoms with Crippen molar-refractivity contribution in [3.05, 3.63) is 200 Å². The minimum atomic E-state index is -1.20. The molecule has 0 saturated carbocycles. The highest BCUT2D eigenvalue weighted by Gasteiger charge is 2.23. The molecular weight excluding hydrogens is 671 g/mol. The number of nitrogens with zero attached hydrogens (tertiary/aromatic N) is 1. The van der Waals surface area contributed by atoms with Gasteiger partial charge in [0.2, 0.25) is 0 Å². The summed E-state index contributed by atoms with van der Waals surface area (Å²) in [6, 6.07) is -13.4. The normalized spacial score (nSPS) is 18.3. The lowest BCUT2D eigenvalue weighted by Crippen LogP contribution is -2.10. The quantitative estimate of drug-likeness (QED) is 0.171. The Morgan fingerprint density at radius 3 is 1.65 bits per heavy atom. The molecule has 3 nitrogen and oxygen atoms in total. The molecule has 0 radical (unpaired) electrons. The van der Waals surface area contributed by atoms with Crippen LogP contribution >= 0.6 is 0 Å². The molecule has 2 heterocycles. The van der Waals surface area contributed by atoms with Gasteiger partial charge in [0, 0.05) is 38.5 Å². The van der Waals surface area contributed by atoms with Crippen molar-refractivity contribution in [2.45, 2.75) is 0 Å². The van der Waals surface area contributed by atoms with Crippen LogP contribution in [0.25, 0.3) is 88.0 Å². The van der Waals surface area contributed by atoms with Crippen LogP contribution in [-0.4, -0.2) is 0 Å². The van der Waals surface area contributed by atoms with Gasteiger partial charge in [-0.3, -0.25) is 0 Å². The van der Waals surface area contributed by atoms with Gasteiger partial charge >= 0.3 is 0 Å². The zero-order chi connectivity index (χ0) is 58.9. The highest BCUT2D eigenvalue weighted by Crippen LogP contribution is 2.48. The Morgan fingerprint density at radius 2 is 0.964 bits per heavy atom. The van der Waals surface area contributed by atoms with Crippen molar-refractivity contribution < 1.29 is 44.5 Å². The Bertz CT molecular complexity index is 4490. The third-order valence-corrected chi connectivity index (χ3v) is 8.98. The minimum absolute atomic E-state index is 0.0818. The predicted octanol–water partition coefficient (Wildman–Crippen LogP) is 15.1. The second-order valence-corrected chi connectivity index (χ2v) is 12.0. The third kappa shape index (κ3) is 5.13. The molecule has 0 aliphatic carbocycles. The molecule has 0 spiro atoms. The van der Waals surface area contributed by atoms with Crippen LogP contribution in [0.1, 0.15) is 35.6 Å². The summed E-state index contributed by atoms with van der Waals surface area (Å²) < 4.78 is 249. The molecule has 2 aromatic heterocycles. The summed E-state index contributed by atoms with van der Waals surface area (Å²) in [6.07, 6.45) is 0. The van der Waals surface area contributed by atoms with Gasteiger partial charge in [0.05, 0.1) is 46.7 Å². The van der Waals surface area contributed by atoms with Crippen LogP contribution in [0, 0.1) is 0 Å². The van der Waals surface area contributed by atoms with Crippen molar-refractivity contribution >= 4 is 71.7 Å². The highest BCUT2D eigenvalue weighted by atomic mass is 16.3. The van der Waals surface area contributed by atoms with Crippen LogP contribution in [-0.2, 0) is 0 Å². The first-order valence-corrected chi connectivity index (χ1v) is 16.6. The molecule has 0 aliphatic rings. The lowest BCUT2D eigenvalue weighted by atomic mass is 9.94. The molecule has 11 rings (SSSR count). The number of hydrogen-bond donors (Lipinski definition) is 0. The molecule has 0 bridgehead atoms. The molecule has 11 aromatic rings. The van der Waals surface area contributed by atoms with E-state index in [1.807, 2.05) is 0 Å². The van der Waals surface area contributed by atoms with E-state index in [2.05, 4.69) is 0 Å². The monoisotopic (exact) mass is 729 g/mol. The van der Waals surface area contributed by atoms with Crippen molar-refractivity contribution in [2.24, 2.45) is 0 Å². The minimum Gasteiger partial charge on any atom is -0.455 e. The summed E-state index contributed by atoms with van der Waals surface area (Å²) in [5.41, 5.74) is -7.23. The second kappa shape index (κ2) is 12.6. The number of para-hydroxylation sites is 2. The smallest absolute Gasteiger partial charge is 0.143 e. The summed E-state index contributed by atoms with van der Waals surface area (Å²) in [5.74, 6) is 0. The number of fused-ring (bicyclic) bond motifs is 8. The molecular formula is C52H33NO2. The predicted molar refractivity (Wildman–Crippen MR) is 229 cm³/mol. The van der Waals surface area contributed by atoms with E-state index in [-0.39, 0.29) is 22.1 Å². The molecule has 258 valence electrons. The third-order valence-electron chi connectivity index (χ3n) is 8.98. The van der Waals surface area contributed by atoms with E-state index in [9.17, 15) is 19.2 Å². The first-order valence-electron chi connectivity index (χ1n) is 29.6. The molecule has 0 atom stereocenters. The average molecular weight is 730 g/mol. The molecule has 0 fully saturated rings. The van der Waals surface area contributed by atoms with Crippen LogP contribution in [0.4, 0.5) is 17.1 Å². The van der Waals surface area contributed by atoms with E-state index < -0.39 is 224 Å². The molecule has 3 heteroatoms. The fraction of sp³-hybridized carbons (Fsp3) is 0. The van der Waals surface area contributed by atoms with Gasteiger partial charge in [-0.2, -0.15) is 0 Å². The largest absolute Gasteiger partial charge is 0.455 e. The van der Waals surface area contributed by atoms with E-state index in [4.69, 9.17) is 25.3 Å². The van der Waals surface area contributed by atoms with Crippen LogP contribution < -0.4 is 4.90 Å². The van der Waals surface area contributed by atoms with Gasteiger partial charge in [0.25, 0.3) is 0 Å². The second-order valence-electron chi connectivity index (χ2n) is 12.0. The molecule has 0 N–H and O–H groups in total. The molecule has 55 heavy (non-hydrogen) atoms. The molecule has 0 unspecified atom stereocenters. The summed E-state index contributed by atoms with van der Waals surface area (Å²) in [7, 11) is 0. The first-order chi connectivity index (χ1) is 38.1. The zero-order valence-corrected chi connectivity index (χ0v) is 27.8. The fourth-order valence-electron chi connectivity index (χ4n) is 6.59. The first kappa shape index (κ1) is 14.8. The van der Waals surface area contributed by atoms with E-state index in [0.29, 0.717) is 21.3 Å². The Morgan fingerprint density at radius 1 is 0.382 bits per heavy atom. The van der Waals surface area contributed by atoms with Crippen molar-refractivity contribution in [3.8, 4) is 33.4 Å². The number of benzene rings is 9. The molecule has 0 saturated heterocycles. The van der Waals surface area contributed by atoms with Crippen LogP contribution in [0.3, 0.4) is 0 Å². The number of hydrogen-bond acceptors (Lipinski definition) is 3. The Kier molecular flexibility index (Phi) is 3.41. The summed E-state index contributed by atoms with van der Waals surface area (Å²) >= 11 is 0.